The number of aliphatic hydroxyl groups is 1. The summed E-state index contributed by atoms with van der Waals surface area (Å²) >= 11 is 7.03. The van der Waals surface area contributed by atoms with E-state index in [9.17, 15) is 4.39 Å². The minimum atomic E-state index is -0.397. The van der Waals surface area contributed by atoms with Crippen molar-refractivity contribution in [3.8, 4) is 10.6 Å². The third kappa shape index (κ3) is 2.09. The average Bonchev–Trinajstić information content (AvgIpc) is 2.59. The molecular weight excluding hydrogens is 249 g/mol. The van der Waals surface area contributed by atoms with Gasteiger partial charge in [-0.15, -0.1) is 11.3 Å². The summed E-state index contributed by atoms with van der Waals surface area (Å²) < 4.78 is 13.6. The highest BCUT2D eigenvalue weighted by atomic mass is 35.5. The molecule has 0 radical (unpaired) electrons. The third-order valence-corrected chi connectivity index (χ3v) is 3.49. The number of halogens is 2. The number of aromatic nitrogens is 1. The fraction of sp³-hybridized carbons (Fsp3) is 0.182. The van der Waals surface area contributed by atoms with Gasteiger partial charge in [-0.2, -0.15) is 0 Å². The maximum atomic E-state index is 13.6. The number of aryl methyl sites for hydroxylation is 1. The van der Waals surface area contributed by atoms with Crippen molar-refractivity contribution < 1.29 is 9.50 Å². The molecule has 1 heterocycles. The Balaban J connectivity index is 2.50. The van der Waals surface area contributed by atoms with Crippen LogP contribution in [0, 0.1) is 12.7 Å². The number of aliphatic hydroxyl groups excluding tert-OH is 1. The molecule has 1 N–H and O–H groups in total. The van der Waals surface area contributed by atoms with Crippen LogP contribution in [0.3, 0.4) is 0 Å². The van der Waals surface area contributed by atoms with Gasteiger partial charge in [0.15, 0.2) is 0 Å². The van der Waals surface area contributed by atoms with Crippen molar-refractivity contribution in [2.24, 2.45) is 0 Å². The molecular formula is C11H9ClFNOS. The number of benzene rings is 1. The Labute approximate surface area is 101 Å². The lowest BCUT2D eigenvalue weighted by Crippen LogP contribution is -1.87. The molecule has 16 heavy (non-hydrogen) atoms. The SMILES string of the molecule is Cc1sc(-c2ccc(Cl)cc2F)nc1CO. The Kier molecular flexibility index (Phi) is 3.23. The van der Waals surface area contributed by atoms with E-state index in [-0.39, 0.29) is 6.61 Å². The molecule has 0 aliphatic carbocycles. The van der Waals surface area contributed by atoms with E-state index in [4.69, 9.17) is 16.7 Å². The topological polar surface area (TPSA) is 33.1 Å². The first-order valence-electron chi connectivity index (χ1n) is 4.64. The van der Waals surface area contributed by atoms with E-state index in [1.54, 1.807) is 12.1 Å². The molecule has 0 aliphatic rings. The number of hydrogen-bond donors (Lipinski definition) is 1. The quantitative estimate of drug-likeness (QED) is 0.894. The standard InChI is InChI=1S/C11H9ClFNOS/c1-6-10(5-15)14-11(16-6)8-3-2-7(12)4-9(8)13/h2-4,15H,5H2,1H3. The van der Waals surface area contributed by atoms with E-state index in [1.165, 1.54) is 17.4 Å². The molecule has 0 aliphatic heterocycles. The maximum absolute atomic E-state index is 13.6. The molecule has 2 nitrogen and oxygen atoms in total. The monoisotopic (exact) mass is 257 g/mol. The molecule has 0 bridgehead atoms. The molecule has 0 amide bonds. The highest BCUT2D eigenvalue weighted by Gasteiger charge is 2.12. The maximum Gasteiger partial charge on any atom is 0.134 e. The van der Waals surface area contributed by atoms with Gasteiger partial charge in [0.05, 0.1) is 12.3 Å². The smallest absolute Gasteiger partial charge is 0.134 e. The number of hydrogen-bond acceptors (Lipinski definition) is 3. The van der Waals surface area contributed by atoms with Crippen LogP contribution in [0.25, 0.3) is 10.6 Å². The number of nitrogens with zero attached hydrogens (tertiary/aromatic N) is 1. The van der Waals surface area contributed by atoms with Crippen molar-refractivity contribution in [2.75, 3.05) is 0 Å². The van der Waals surface area contributed by atoms with Crippen LogP contribution in [0.4, 0.5) is 4.39 Å². The molecule has 5 heteroatoms. The Hall–Kier alpha value is -0.970. The Morgan fingerprint density at radius 1 is 1.50 bits per heavy atom. The first kappa shape index (κ1) is 11.5. The molecule has 0 unspecified atom stereocenters. The second kappa shape index (κ2) is 4.49. The normalized spacial score (nSPS) is 10.8. The van der Waals surface area contributed by atoms with Crippen molar-refractivity contribution in [3.63, 3.8) is 0 Å². The summed E-state index contributed by atoms with van der Waals surface area (Å²) in [6.07, 6.45) is 0. The molecule has 2 aromatic rings. The fourth-order valence-corrected chi connectivity index (χ4v) is 2.46. The summed E-state index contributed by atoms with van der Waals surface area (Å²) in [6, 6.07) is 4.47. The Morgan fingerprint density at radius 2 is 2.25 bits per heavy atom. The molecule has 1 aromatic heterocycles. The number of rotatable bonds is 2. The third-order valence-electron chi connectivity index (χ3n) is 2.20. The summed E-state index contributed by atoms with van der Waals surface area (Å²) in [5.41, 5.74) is 1.01. The Morgan fingerprint density at radius 3 is 2.81 bits per heavy atom. The van der Waals surface area contributed by atoms with Gasteiger partial charge in [0.25, 0.3) is 0 Å². The minimum Gasteiger partial charge on any atom is -0.390 e. The van der Waals surface area contributed by atoms with Gasteiger partial charge in [-0.3, -0.25) is 0 Å². The zero-order valence-corrected chi connectivity index (χ0v) is 10.1. The van der Waals surface area contributed by atoms with Gasteiger partial charge in [0, 0.05) is 15.5 Å². The molecule has 2 rings (SSSR count). The molecule has 1 aromatic carbocycles. The van der Waals surface area contributed by atoms with Crippen LogP contribution in [0.5, 0.6) is 0 Å². The number of thiazole rings is 1. The zero-order valence-electron chi connectivity index (χ0n) is 8.50. The first-order valence-corrected chi connectivity index (χ1v) is 5.84. The molecule has 0 spiro atoms. The van der Waals surface area contributed by atoms with Crippen molar-refractivity contribution in [2.45, 2.75) is 13.5 Å². The molecule has 0 saturated heterocycles. The van der Waals surface area contributed by atoms with E-state index in [1.807, 2.05) is 6.92 Å². The van der Waals surface area contributed by atoms with E-state index in [0.717, 1.165) is 4.88 Å². The first-order chi connectivity index (χ1) is 7.61. The summed E-state index contributed by atoms with van der Waals surface area (Å²) in [5.74, 6) is -0.397. The highest BCUT2D eigenvalue weighted by molar-refractivity contribution is 7.15. The summed E-state index contributed by atoms with van der Waals surface area (Å²) in [5, 5.41) is 9.95. The van der Waals surface area contributed by atoms with Gasteiger partial charge in [-0.05, 0) is 25.1 Å². The minimum absolute atomic E-state index is 0.127. The van der Waals surface area contributed by atoms with Gasteiger partial charge < -0.3 is 5.11 Å². The van der Waals surface area contributed by atoms with Gasteiger partial charge >= 0.3 is 0 Å². The van der Waals surface area contributed by atoms with Gasteiger partial charge in [-0.25, -0.2) is 9.37 Å². The van der Waals surface area contributed by atoms with Crippen molar-refractivity contribution in [1.82, 2.24) is 4.98 Å². The van der Waals surface area contributed by atoms with Crippen LogP contribution < -0.4 is 0 Å². The molecule has 0 fully saturated rings. The van der Waals surface area contributed by atoms with Crippen LogP contribution in [-0.4, -0.2) is 10.1 Å². The molecule has 0 atom stereocenters. The second-order valence-electron chi connectivity index (χ2n) is 3.30. The van der Waals surface area contributed by atoms with Crippen molar-refractivity contribution >= 4 is 22.9 Å². The van der Waals surface area contributed by atoms with E-state index < -0.39 is 5.82 Å². The summed E-state index contributed by atoms with van der Waals surface area (Å²) in [7, 11) is 0. The van der Waals surface area contributed by atoms with Crippen LogP contribution in [-0.2, 0) is 6.61 Å². The summed E-state index contributed by atoms with van der Waals surface area (Å²) in [6.45, 7) is 1.72. The van der Waals surface area contributed by atoms with Gasteiger partial charge in [-0.1, -0.05) is 11.6 Å². The lowest BCUT2D eigenvalue weighted by molar-refractivity contribution is 0.277. The predicted octanol–water partition coefficient (Wildman–Crippen LogP) is 3.40. The highest BCUT2D eigenvalue weighted by Crippen LogP contribution is 2.30. The van der Waals surface area contributed by atoms with Crippen LogP contribution >= 0.6 is 22.9 Å². The van der Waals surface area contributed by atoms with E-state index >= 15 is 0 Å². The fourth-order valence-electron chi connectivity index (χ4n) is 1.35. The van der Waals surface area contributed by atoms with Crippen molar-refractivity contribution in [1.29, 1.82) is 0 Å². The molecule has 84 valence electrons. The second-order valence-corrected chi connectivity index (χ2v) is 4.94. The summed E-state index contributed by atoms with van der Waals surface area (Å²) in [4.78, 5) is 5.07. The van der Waals surface area contributed by atoms with Gasteiger partial charge in [0.1, 0.15) is 10.8 Å². The lowest BCUT2D eigenvalue weighted by atomic mass is 10.2. The van der Waals surface area contributed by atoms with Gasteiger partial charge in [0.2, 0.25) is 0 Å². The van der Waals surface area contributed by atoms with E-state index in [0.29, 0.717) is 21.3 Å². The van der Waals surface area contributed by atoms with Crippen LogP contribution in [0.15, 0.2) is 18.2 Å². The average molecular weight is 258 g/mol. The van der Waals surface area contributed by atoms with Crippen LogP contribution in [0.1, 0.15) is 10.6 Å². The van der Waals surface area contributed by atoms with E-state index in [2.05, 4.69) is 4.98 Å². The van der Waals surface area contributed by atoms with Crippen molar-refractivity contribution in [3.05, 3.63) is 39.6 Å². The molecule has 0 saturated carbocycles. The predicted molar refractivity (Wildman–Crippen MR) is 63.2 cm³/mol. The largest absolute Gasteiger partial charge is 0.390 e. The Bertz CT molecular complexity index is 527. The van der Waals surface area contributed by atoms with Crippen LogP contribution in [0.2, 0.25) is 5.02 Å². The zero-order chi connectivity index (χ0) is 11.7. The lowest BCUT2D eigenvalue weighted by Gasteiger charge is -1.98.